The molecule has 1 unspecified atom stereocenters. The van der Waals surface area contributed by atoms with Crippen molar-refractivity contribution in [2.45, 2.75) is 38.8 Å². The molecule has 1 aromatic carbocycles. The van der Waals surface area contributed by atoms with Crippen LogP contribution in [-0.4, -0.2) is 29.7 Å². The molecule has 0 amide bonds. The molecule has 0 bridgehead atoms. The summed E-state index contributed by atoms with van der Waals surface area (Å²) in [7, 11) is 2.18. The summed E-state index contributed by atoms with van der Waals surface area (Å²) in [6.07, 6.45) is 2.95. The Balaban J connectivity index is 2.22. The van der Waals surface area contributed by atoms with Gasteiger partial charge in [0, 0.05) is 6.54 Å². The molecular weight excluding hydrogens is 198 g/mol. The van der Waals surface area contributed by atoms with Crippen molar-refractivity contribution < 1.29 is 5.11 Å². The van der Waals surface area contributed by atoms with E-state index in [0.29, 0.717) is 0 Å². The monoisotopic (exact) mass is 219 g/mol. The molecule has 1 aliphatic heterocycles. The number of hydrogen-bond acceptors (Lipinski definition) is 2. The first kappa shape index (κ1) is 11.6. The summed E-state index contributed by atoms with van der Waals surface area (Å²) in [5.41, 5.74) is 4.18. The number of nitrogens with zero attached hydrogens (tertiary/aromatic N) is 1. The lowest BCUT2D eigenvalue weighted by Crippen LogP contribution is -2.17. The molecule has 0 aromatic heterocycles. The quantitative estimate of drug-likeness (QED) is 0.822. The van der Waals surface area contributed by atoms with Gasteiger partial charge in [0.1, 0.15) is 0 Å². The van der Waals surface area contributed by atoms with E-state index in [1.165, 1.54) is 36.1 Å². The molecule has 0 saturated heterocycles. The average Bonchev–Trinajstić information content (AvgIpc) is 2.37. The molecule has 1 N–H and O–H groups in total. The van der Waals surface area contributed by atoms with Crippen molar-refractivity contribution in [1.29, 1.82) is 0 Å². The first-order valence-electron chi connectivity index (χ1n) is 6.12. The predicted octanol–water partition coefficient (Wildman–Crippen LogP) is 1.99. The van der Waals surface area contributed by atoms with Gasteiger partial charge in [0.25, 0.3) is 0 Å². The molecule has 1 heterocycles. The van der Waals surface area contributed by atoms with E-state index < -0.39 is 0 Å². The van der Waals surface area contributed by atoms with Crippen LogP contribution in [0.25, 0.3) is 0 Å². The Kier molecular flexibility index (Phi) is 3.62. The molecule has 2 heteroatoms. The number of aliphatic hydroxyl groups excluding tert-OH is 1. The van der Waals surface area contributed by atoms with Gasteiger partial charge in [0.2, 0.25) is 0 Å². The van der Waals surface area contributed by atoms with E-state index >= 15 is 0 Å². The summed E-state index contributed by atoms with van der Waals surface area (Å²) < 4.78 is 0. The first-order chi connectivity index (χ1) is 7.65. The molecule has 16 heavy (non-hydrogen) atoms. The van der Waals surface area contributed by atoms with Crippen LogP contribution in [0.1, 0.15) is 30.0 Å². The van der Waals surface area contributed by atoms with Crippen LogP contribution in [0, 0.1) is 0 Å². The van der Waals surface area contributed by atoms with E-state index in [0.717, 1.165) is 13.0 Å². The summed E-state index contributed by atoms with van der Waals surface area (Å²) in [5.74, 6) is 0. The minimum Gasteiger partial charge on any atom is -0.393 e. The van der Waals surface area contributed by atoms with Crippen LogP contribution >= 0.6 is 0 Å². The van der Waals surface area contributed by atoms with E-state index in [2.05, 4.69) is 30.1 Å². The molecule has 0 aliphatic carbocycles. The molecule has 1 atom stereocenters. The Hall–Kier alpha value is -0.860. The van der Waals surface area contributed by atoms with Crippen LogP contribution in [0.2, 0.25) is 0 Å². The fraction of sp³-hybridized carbons (Fsp3) is 0.571. The molecule has 1 aliphatic rings. The van der Waals surface area contributed by atoms with Gasteiger partial charge in [-0.25, -0.2) is 0 Å². The van der Waals surface area contributed by atoms with Crippen molar-refractivity contribution in [3.63, 3.8) is 0 Å². The minimum absolute atomic E-state index is 0.249. The fourth-order valence-electron chi connectivity index (χ4n) is 2.45. The van der Waals surface area contributed by atoms with Gasteiger partial charge in [0.15, 0.2) is 0 Å². The lowest BCUT2D eigenvalue weighted by Gasteiger charge is -2.14. The maximum Gasteiger partial charge on any atom is 0.0552 e. The molecular formula is C14H21NO. The number of benzene rings is 1. The van der Waals surface area contributed by atoms with Crippen LogP contribution in [-0.2, 0) is 19.4 Å². The van der Waals surface area contributed by atoms with Crippen molar-refractivity contribution in [2.24, 2.45) is 0 Å². The third-order valence-corrected chi connectivity index (χ3v) is 3.23. The highest BCUT2D eigenvalue weighted by Crippen LogP contribution is 2.20. The second kappa shape index (κ2) is 4.98. The van der Waals surface area contributed by atoms with Crippen molar-refractivity contribution in [1.82, 2.24) is 4.90 Å². The fourth-order valence-corrected chi connectivity index (χ4v) is 2.45. The minimum atomic E-state index is -0.249. The van der Waals surface area contributed by atoms with E-state index in [4.69, 9.17) is 0 Å². The van der Waals surface area contributed by atoms with Gasteiger partial charge < -0.3 is 10.0 Å². The molecule has 2 nitrogen and oxygen atoms in total. The maximum absolute atomic E-state index is 9.41. The lowest BCUT2D eigenvalue weighted by atomic mass is 9.99. The number of aliphatic hydroxyl groups is 1. The zero-order chi connectivity index (χ0) is 11.5. The molecule has 1 aromatic rings. The third-order valence-electron chi connectivity index (χ3n) is 3.23. The van der Waals surface area contributed by atoms with Crippen molar-refractivity contribution in [2.75, 3.05) is 13.6 Å². The number of rotatable bonds is 2. The van der Waals surface area contributed by atoms with E-state index in [9.17, 15) is 5.11 Å². The van der Waals surface area contributed by atoms with Gasteiger partial charge >= 0.3 is 0 Å². The zero-order valence-corrected chi connectivity index (χ0v) is 10.2. The normalized spacial score (nSPS) is 18.9. The highest BCUT2D eigenvalue weighted by molar-refractivity contribution is 5.33. The lowest BCUT2D eigenvalue weighted by molar-refractivity contribution is 0.195. The number of hydrogen-bond donors (Lipinski definition) is 1. The summed E-state index contributed by atoms with van der Waals surface area (Å²) in [6, 6.07) is 6.67. The van der Waals surface area contributed by atoms with Crippen molar-refractivity contribution in [3.8, 4) is 0 Å². The highest BCUT2D eigenvalue weighted by atomic mass is 16.3. The van der Waals surface area contributed by atoms with Gasteiger partial charge in [-0.15, -0.1) is 0 Å². The number of aryl methyl sites for hydroxylation is 1. The second-order valence-corrected chi connectivity index (χ2v) is 5.00. The topological polar surface area (TPSA) is 23.5 Å². The van der Waals surface area contributed by atoms with Gasteiger partial charge in [-0.1, -0.05) is 18.2 Å². The van der Waals surface area contributed by atoms with Crippen molar-refractivity contribution >= 4 is 0 Å². The molecule has 0 radical (unpaired) electrons. The Morgan fingerprint density at radius 2 is 2.19 bits per heavy atom. The summed E-state index contributed by atoms with van der Waals surface area (Å²) in [4.78, 5) is 2.37. The molecule has 0 spiro atoms. The Morgan fingerprint density at radius 1 is 1.38 bits per heavy atom. The van der Waals surface area contributed by atoms with E-state index in [1.807, 2.05) is 6.92 Å². The number of fused-ring (bicyclic) bond motifs is 1. The molecule has 88 valence electrons. The summed E-state index contributed by atoms with van der Waals surface area (Å²) in [5, 5.41) is 9.41. The zero-order valence-electron chi connectivity index (χ0n) is 10.2. The Labute approximate surface area is 97.9 Å². The molecule has 0 saturated carbocycles. The highest BCUT2D eigenvalue weighted by Gasteiger charge is 2.12. The van der Waals surface area contributed by atoms with Gasteiger partial charge in [-0.05, 0) is 56.5 Å². The van der Waals surface area contributed by atoms with Crippen LogP contribution in [0.4, 0.5) is 0 Å². The average molecular weight is 219 g/mol. The van der Waals surface area contributed by atoms with Crippen LogP contribution in [0.3, 0.4) is 0 Å². The smallest absolute Gasteiger partial charge is 0.0552 e. The van der Waals surface area contributed by atoms with Crippen LogP contribution in [0.15, 0.2) is 18.2 Å². The summed E-state index contributed by atoms with van der Waals surface area (Å²) >= 11 is 0. The van der Waals surface area contributed by atoms with Gasteiger partial charge in [0.05, 0.1) is 6.10 Å². The molecule has 2 rings (SSSR count). The maximum atomic E-state index is 9.41. The Bertz CT molecular complexity index is 360. The summed E-state index contributed by atoms with van der Waals surface area (Å²) in [6.45, 7) is 4.07. The standard InChI is InChI=1S/C14H21NO/c1-11(16)8-12-5-6-13-4-3-7-15(2)10-14(13)9-12/h5-6,9,11,16H,3-4,7-8,10H2,1-2H3. The predicted molar refractivity (Wildman–Crippen MR) is 66.5 cm³/mol. The second-order valence-electron chi connectivity index (χ2n) is 5.00. The Morgan fingerprint density at radius 3 is 2.94 bits per heavy atom. The van der Waals surface area contributed by atoms with Crippen LogP contribution in [0.5, 0.6) is 0 Å². The SMILES string of the molecule is CC(O)Cc1ccc2c(c1)CN(C)CCC2. The van der Waals surface area contributed by atoms with E-state index in [1.54, 1.807) is 0 Å². The van der Waals surface area contributed by atoms with Gasteiger partial charge in [-0.3, -0.25) is 0 Å². The largest absolute Gasteiger partial charge is 0.393 e. The van der Waals surface area contributed by atoms with Crippen molar-refractivity contribution in [3.05, 3.63) is 34.9 Å². The van der Waals surface area contributed by atoms with Crippen LogP contribution < -0.4 is 0 Å². The van der Waals surface area contributed by atoms with E-state index in [-0.39, 0.29) is 6.10 Å². The third kappa shape index (κ3) is 2.83. The van der Waals surface area contributed by atoms with Gasteiger partial charge in [-0.2, -0.15) is 0 Å². The first-order valence-corrected chi connectivity index (χ1v) is 6.12. The molecule has 0 fully saturated rings.